The number of hydrogen-bond acceptors (Lipinski definition) is 1. The summed E-state index contributed by atoms with van der Waals surface area (Å²) in [4.78, 5) is 4.32. The highest BCUT2D eigenvalue weighted by atomic mass is 14.6. The van der Waals surface area contributed by atoms with Gasteiger partial charge >= 0.3 is 0 Å². The minimum absolute atomic E-state index is 0.973. The van der Waals surface area contributed by atoms with Gasteiger partial charge in [0.2, 0.25) is 0 Å². The number of fused-ring (bicyclic) bond motifs is 3. The van der Waals surface area contributed by atoms with E-state index < -0.39 is 0 Å². The summed E-state index contributed by atoms with van der Waals surface area (Å²) in [5.41, 5.74) is 2.16. The molecule has 0 aliphatic rings. The van der Waals surface area contributed by atoms with E-state index in [1.54, 1.807) is 0 Å². The monoisotopic (exact) mass is 281 g/mol. The predicted octanol–water partition coefficient (Wildman–Crippen LogP) is 5.56. The Morgan fingerprint density at radius 2 is 1.41 bits per heavy atom. The molecule has 0 fully saturated rings. The van der Waals surface area contributed by atoms with E-state index in [0.29, 0.717) is 0 Å². The molecule has 0 aliphatic carbocycles. The zero-order chi connectivity index (χ0) is 14.8. The molecule has 1 heterocycles. The lowest BCUT2D eigenvalue weighted by Crippen LogP contribution is -1.80. The van der Waals surface area contributed by atoms with Crippen LogP contribution in [0.5, 0.6) is 0 Å². The van der Waals surface area contributed by atoms with Crippen molar-refractivity contribution in [3.63, 3.8) is 0 Å². The van der Waals surface area contributed by atoms with Crippen LogP contribution in [0.15, 0.2) is 79.0 Å². The Labute approximate surface area is 129 Å². The molecule has 1 nitrogen and oxygen atoms in total. The van der Waals surface area contributed by atoms with E-state index in [4.69, 9.17) is 0 Å². The van der Waals surface area contributed by atoms with Crippen molar-refractivity contribution in [3.05, 3.63) is 90.3 Å². The summed E-state index contributed by atoms with van der Waals surface area (Å²) in [5, 5.41) is 5.14. The van der Waals surface area contributed by atoms with Gasteiger partial charge in [0.05, 0.1) is 5.69 Å². The Kier molecular flexibility index (Phi) is 3.17. The topological polar surface area (TPSA) is 12.9 Å². The van der Waals surface area contributed by atoms with Gasteiger partial charge in [0.25, 0.3) is 0 Å². The predicted molar refractivity (Wildman–Crippen MR) is 94.6 cm³/mol. The van der Waals surface area contributed by atoms with Gasteiger partial charge in [-0.1, -0.05) is 60.7 Å². The molecule has 22 heavy (non-hydrogen) atoms. The Balaban J connectivity index is 1.83. The van der Waals surface area contributed by atoms with E-state index in [2.05, 4.69) is 65.7 Å². The molecular weight excluding hydrogens is 266 g/mol. The minimum atomic E-state index is 0.973. The van der Waals surface area contributed by atoms with Gasteiger partial charge in [-0.05, 0) is 51.4 Å². The van der Waals surface area contributed by atoms with Crippen LogP contribution in [-0.4, -0.2) is 4.98 Å². The van der Waals surface area contributed by atoms with Crippen LogP contribution in [0, 0.1) is 0 Å². The third-order valence-electron chi connectivity index (χ3n) is 3.91. The second-order valence-electron chi connectivity index (χ2n) is 5.36. The molecule has 0 saturated carbocycles. The molecule has 1 aromatic heterocycles. The first kappa shape index (κ1) is 12.8. The quantitative estimate of drug-likeness (QED) is 0.438. The highest BCUT2D eigenvalue weighted by Crippen LogP contribution is 2.26. The molecule has 4 rings (SSSR count). The molecule has 0 spiro atoms. The lowest BCUT2D eigenvalue weighted by molar-refractivity contribution is 1.30. The van der Waals surface area contributed by atoms with Crippen LogP contribution in [0.2, 0.25) is 0 Å². The molecule has 0 bridgehead atoms. The maximum absolute atomic E-state index is 4.32. The van der Waals surface area contributed by atoms with Crippen LogP contribution in [0.4, 0.5) is 0 Å². The average molecular weight is 281 g/mol. The van der Waals surface area contributed by atoms with Gasteiger partial charge in [0.15, 0.2) is 0 Å². The standard InChI is InChI=1S/C21H15N/c1-2-7-20-17(5-1)11-12-18-10-8-16(15-21(18)20)9-13-19-6-3-4-14-22-19/h1-15H/b13-9+. The van der Waals surface area contributed by atoms with Crippen molar-refractivity contribution >= 4 is 33.7 Å². The summed E-state index contributed by atoms with van der Waals surface area (Å²) in [5.74, 6) is 0. The summed E-state index contributed by atoms with van der Waals surface area (Å²) in [6.45, 7) is 0. The lowest BCUT2D eigenvalue weighted by atomic mass is 10.00. The van der Waals surface area contributed by atoms with Crippen molar-refractivity contribution < 1.29 is 0 Å². The van der Waals surface area contributed by atoms with Gasteiger partial charge < -0.3 is 0 Å². The second-order valence-corrected chi connectivity index (χ2v) is 5.36. The highest BCUT2D eigenvalue weighted by Gasteiger charge is 2.00. The third-order valence-corrected chi connectivity index (χ3v) is 3.91. The molecule has 3 aromatic carbocycles. The van der Waals surface area contributed by atoms with Crippen LogP contribution in [-0.2, 0) is 0 Å². The molecule has 104 valence electrons. The summed E-state index contributed by atoms with van der Waals surface area (Å²) < 4.78 is 0. The van der Waals surface area contributed by atoms with Gasteiger partial charge in [0, 0.05) is 6.20 Å². The Bertz CT molecular complexity index is 969. The lowest BCUT2D eigenvalue weighted by Gasteiger charge is -2.05. The number of nitrogens with zero attached hydrogens (tertiary/aromatic N) is 1. The van der Waals surface area contributed by atoms with Gasteiger partial charge in [-0.15, -0.1) is 0 Å². The maximum atomic E-state index is 4.32. The fourth-order valence-corrected chi connectivity index (χ4v) is 2.78. The van der Waals surface area contributed by atoms with E-state index in [9.17, 15) is 0 Å². The SMILES string of the molecule is C(=C\c1ccccn1)/c1ccc2ccc3ccccc3c2c1. The first-order chi connectivity index (χ1) is 10.9. The fourth-order valence-electron chi connectivity index (χ4n) is 2.78. The Morgan fingerprint density at radius 1 is 0.636 bits per heavy atom. The van der Waals surface area contributed by atoms with Crippen LogP contribution in [0.3, 0.4) is 0 Å². The zero-order valence-electron chi connectivity index (χ0n) is 12.1. The van der Waals surface area contributed by atoms with E-state index in [1.807, 2.05) is 30.5 Å². The van der Waals surface area contributed by atoms with Crippen LogP contribution >= 0.6 is 0 Å². The molecule has 0 aliphatic heterocycles. The van der Waals surface area contributed by atoms with Gasteiger partial charge in [-0.2, -0.15) is 0 Å². The number of benzene rings is 3. The van der Waals surface area contributed by atoms with E-state index in [1.165, 1.54) is 27.1 Å². The molecule has 0 atom stereocenters. The van der Waals surface area contributed by atoms with Gasteiger partial charge in [-0.3, -0.25) is 4.98 Å². The van der Waals surface area contributed by atoms with E-state index in [0.717, 1.165) is 5.69 Å². The summed E-state index contributed by atoms with van der Waals surface area (Å²) in [6, 6.07) is 25.4. The molecule has 0 unspecified atom stereocenters. The highest BCUT2D eigenvalue weighted by molar-refractivity contribution is 6.08. The summed E-state index contributed by atoms with van der Waals surface area (Å²) >= 11 is 0. The summed E-state index contributed by atoms with van der Waals surface area (Å²) in [6.07, 6.45) is 5.98. The molecule has 1 heteroatoms. The largest absolute Gasteiger partial charge is 0.257 e. The Hall–Kier alpha value is -2.93. The van der Waals surface area contributed by atoms with E-state index in [-0.39, 0.29) is 0 Å². The smallest absolute Gasteiger partial charge is 0.0629 e. The first-order valence-electron chi connectivity index (χ1n) is 7.41. The van der Waals surface area contributed by atoms with Crippen molar-refractivity contribution in [2.75, 3.05) is 0 Å². The van der Waals surface area contributed by atoms with Crippen molar-refractivity contribution in [1.29, 1.82) is 0 Å². The van der Waals surface area contributed by atoms with Crippen molar-refractivity contribution in [2.45, 2.75) is 0 Å². The van der Waals surface area contributed by atoms with Gasteiger partial charge in [0.1, 0.15) is 0 Å². The molecule has 0 amide bonds. The van der Waals surface area contributed by atoms with Crippen LogP contribution in [0.1, 0.15) is 11.3 Å². The number of pyridine rings is 1. The molecule has 0 saturated heterocycles. The number of rotatable bonds is 2. The Morgan fingerprint density at radius 3 is 2.27 bits per heavy atom. The normalized spacial score (nSPS) is 11.5. The van der Waals surface area contributed by atoms with Crippen molar-refractivity contribution in [3.8, 4) is 0 Å². The maximum Gasteiger partial charge on any atom is 0.0629 e. The molecular formula is C21H15N. The van der Waals surface area contributed by atoms with Gasteiger partial charge in [-0.25, -0.2) is 0 Å². The number of aromatic nitrogens is 1. The van der Waals surface area contributed by atoms with Crippen molar-refractivity contribution in [2.24, 2.45) is 0 Å². The van der Waals surface area contributed by atoms with Crippen LogP contribution < -0.4 is 0 Å². The zero-order valence-corrected chi connectivity index (χ0v) is 12.1. The minimum Gasteiger partial charge on any atom is -0.257 e. The molecule has 0 radical (unpaired) electrons. The fraction of sp³-hybridized carbons (Fsp3) is 0. The van der Waals surface area contributed by atoms with E-state index >= 15 is 0 Å². The first-order valence-corrected chi connectivity index (χ1v) is 7.41. The second kappa shape index (κ2) is 5.45. The van der Waals surface area contributed by atoms with Crippen LogP contribution in [0.25, 0.3) is 33.7 Å². The average Bonchev–Trinajstić information content (AvgIpc) is 2.60. The molecule has 0 N–H and O–H groups in total. The molecule has 4 aromatic rings. The third kappa shape index (κ3) is 2.38. The number of hydrogen-bond donors (Lipinski definition) is 0. The summed E-state index contributed by atoms with van der Waals surface area (Å²) in [7, 11) is 0. The van der Waals surface area contributed by atoms with Crippen molar-refractivity contribution in [1.82, 2.24) is 4.98 Å².